The van der Waals surface area contributed by atoms with E-state index in [9.17, 15) is 4.79 Å². The van der Waals surface area contributed by atoms with Crippen LogP contribution in [0.5, 0.6) is 0 Å². The van der Waals surface area contributed by atoms with Gasteiger partial charge >= 0.3 is 5.97 Å². The van der Waals surface area contributed by atoms with Gasteiger partial charge in [-0.1, -0.05) is 0 Å². The zero-order chi connectivity index (χ0) is 10.7. The van der Waals surface area contributed by atoms with Crippen molar-refractivity contribution in [1.29, 1.82) is 0 Å². The molecule has 1 aromatic heterocycles. The third kappa shape index (κ3) is 2.49. The van der Waals surface area contributed by atoms with Gasteiger partial charge in [0.15, 0.2) is 0 Å². The monoisotopic (exact) mass is 224 g/mol. The van der Waals surface area contributed by atoms with Crippen LogP contribution >= 0.6 is 11.8 Å². The van der Waals surface area contributed by atoms with Crippen molar-refractivity contribution >= 4 is 17.7 Å². The van der Waals surface area contributed by atoms with E-state index in [-0.39, 0.29) is 11.2 Å². The van der Waals surface area contributed by atoms with Crippen molar-refractivity contribution in [3.8, 4) is 0 Å². The lowest BCUT2D eigenvalue weighted by Gasteiger charge is -2.40. The molecule has 0 amide bonds. The van der Waals surface area contributed by atoms with E-state index >= 15 is 0 Å². The van der Waals surface area contributed by atoms with Gasteiger partial charge in [-0.15, -0.1) is 11.8 Å². The first kappa shape index (κ1) is 10.4. The van der Waals surface area contributed by atoms with Gasteiger partial charge in [0.2, 0.25) is 0 Å². The van der Waals surface area contributed by atoms with Gasteiger partial charge in [-0.05, 0) is 12.1 Å². The van der Waals surface area contributed by atoms with E-state index in [1.807, 2.05) is 12.1 Å². The average molecular weight is 224 g/mol. The Morgan fingerprint density at radius 2 is 2.20 bits per heavy atom. The normalized spacial score (nSPS) is 18.1. The zero-order valence-electron chi connectivity index (χ0n) is 8.14. The number of hydrogen-bond donors (Lipinski definition) is 2. The largest absolute Gasteiger partial charge is 0.481 e. The molecular weight excluding hydrogens is 212 g/mol. The van der Waals surface area contributed by atoms with Gasteiger partial charge in [-0.25, -0.2) is 0 Å². The van der Waals surface area contributed by atoms with Crippen molar-refractivity contribution in [3.05, 3.63) is 24.5 Å². The molecule has 1 saturated heterocycles. The van der Waals surface area contributed by atoms with Crippen LogP contribution in [-0.4, -0.2) is 33.9 Å². The number of nitrogens with one attached hydrogen (secondary N) is 1. The predicted octanol–water partition coefficient (Wildman–Crippen LogP) is 0.990. The Kier molecular flexibility index (Phi) is 2.93. The molecule has 0 aromatic carbocycles. The quantitative estimate of drug-likeness (QED) is 0.798. The van der Waals surface area contributed by atoms with Crippen LogP contribution in [0.25, 0.3) is 0 Å². The Hall–Kier alpha value is -1.07. The zero-order valence-corrected chi connectivity index (χ0v) is 8.96. The second-order valence-corrected chi connectivity index (χ2v) is 5.18. The van der Waals surface area contributed by atoms with E-state index in [4.69, 9.17) is 5.11 Å². The van der Waals surface area contributed by atoms with Crippen molar-refractivity contribution < 1.29 is 9.90 Å². The fourth-order valence-electron chi connectivity index (χ4n) is 1.57. The highest BCUT2D eigenvalue weighted by atomic mass is 32.2. The van der Waals surface area contributed by atoms with Crippen LogP contribution in [0.4, 0.5) is 0 Å². The van der Waals surface area contributed by atoms with Crippen LogP contribution < -0.4 is 5.32 Å². The lowest BCUT2D eigenvalue weighted by molar-refractivity contribution is -0.138. The average Bonchev–Trinajstić information content (AvgIpc) is 2.15. The summed E-state index contributed by atoms with van der Waals surface area (Å²) in [6.07, 6.45) is 3.65. The Morgan fingerprint density at radius 1 is 1.53 bits per heavy atom. The summed E-state index contributed by atoms with van der Waals surface area (Å²) in [7, 11) is 0. The molecule has 0 bridgehead atoms. The summed E-state index contributed by atoms with van der Waals surface area (Å²) in [4.78, 5) is 15.8. The van der Waals surface area contributed by atoms with Crippen LogP contribution in [0, 0.1) is 0 Å². The van der Waals surface area contributed by atoms with E-state index in [0.29, 0.717) is 0 Å². The summed E-state index contributed by atoms with van der Waals surface area (Å²) in [5.74, 6) is -0.738. The Balaban J connectivity index is 2.05. The number of pyridine rings is 1. The SMILES string of the molecule is O=C(O)CC1(Sc2ccncc2)CNC1. The number of hydrogen-bond acceptors (Lipinski definition) is 4. The van der Waals surface area contributed by atoms with E-state index in [0.717, 1.165) is 18.0 Å². The van der Waals surface area contributed by atoms with Crippen LogP contribution in [0.15, 0.2) is 29.4 Å². The van der Waals surface area contributed by atoms with Gasteiger partial charge in [0.05, 0.1) is 11.2 Å². The van der Waals surface area contributed by atoms with Gasteiger partial charge in [-0.2, -0.15) is 0 Å². The Labute approximate surface area is 92.1 Å². The van der Waals surface area contributed by atoms with E-state index in [2.05, 4.69) is 10.3 Å². The smallest absolute Gasteiger partial charge is 0.304 e. The minimum Gasteiger partial charge on any atom is -0.481 e. The fourth-order valence-corrected chi connectivity index (χ4v) is 2.87. The number of carboxylic acid groups (broad SMARTS) is 1. The number of nitrogens with zero attached hydrogens (tertiary/aromatic N) is 1. The second kappa shape index (κ2) is 4.20. The number of rotatable bonds is 4. The molecule has 1 aliphatic heterocycles. The molecule has 5 heteroatoms. The molecule has 15 heavy (non-hydrogen) atoms. The maximum absolute atomic E-state index is 10.7. The third-order valence-corrected chi connectivity index (χ3v) is 3.73. The van der Waals surface area contributed by atoms with Gasteiger partial charge in [0.25, 0.3) is 0 Å². The molecule has 2 N–H and O–H groups in total. The highest BCUT2D eigenvalue weighted by Gasteiger charge is 2.40. The predicted molar refractivity (Wildman–Crippen MR) is 57.9 cm³/mol. The first-order valence-corrected chi connectivity index (χ1v) is 5.53. The van der Waals surface area contributed by atoms with Crippen molar-refractivity contribution in [2.24, 2.45) is 0 Å². The molecule has 2 rings (SSSR count). The first-order valence-electron chi connectivity index (χ1n) is 4.72. The summed E-state index contributed by atoms with van der Waals surface area (Å²) in [5, 5.41) is 12.0. The third-order valence-electron chi connectivity index (χ3n) is 2.35. The number of thioether (sulfide) groups is 1. The Morgan fingerprint density at radius 3 is 2.67 bits per heavy atom. The topological polar surface area (TPSA) is 62.2 Å². The first-order chi connectivity index (χ1) is 7.20. The van der Waals surface area contributed by atoms with Crippen molar-refractivity contribution in [3.63, 3.8) is 0 Å². The van der Waals surface area contributed by atoms with E-state index in [1.165, 1.54) is 0 Å². The molecule has 0 aliphatic carbocycles. The van der Waals surface area contributed by atoms with Gasteiger partial charge in [0.1, 0.15) is 0 Å². The van der Waals surface area contributed by atoms with Crippen LogP contribution in [0.1, 0.15) is 6.42 Å². The number of aliphatic carboxylic acids is 1. The molecule has 1 fully saturated rings. The molecule has 0 unspecified atom stereocenters. The Bertz CT molecular complexity index is 352. The second-order valence-electron chi connectivity index (χ2n) is 3.64. The van der Waals surface area contributed by atoms with Crippen molar-refractivity contribution in [2.75, 3.05) is 13.1 Å². The van der Waals surface area contributed by atoms with Gasteiger partial charge in [0, 0.05) is 30.4 Å². The molecule has 1 aliphatic rings. The summed E-state index contributed by atoms with van der Waals surface area (Å²) in [6, 6.07) is 3.82. The van der Waals surface area contributed by atoms with Crippen LogP contribution in [0.3, 0.4) is 0 Å². The fraction of sp³-hybridized carbons (Fsp3) is 0.400. The molecule has 2 heterocycles. The van der Waals surface area contributed by atoms with Gasteiger partial charge in [-0.3, -0.25) is 9.78 Å². The highest BCUT2D eigenvalue weighted by Crippen LogP contribution is 2.38. The number of carboxylic acids is 1. The summed E-state index contributed by atoms with van der Waals surface area (Å²) in [6.45, 7) is 1.51. The van der Waals surface area contributed by atoms with Crippen molar-refractivity contribution in [2.45, 2.75) is 16.1 Å². The van der Waals surface area contributed by atoms with Crippen molar-refractivity contribution in [1.82, 2.24) is 10.3 Å². The molecule has 80 valence electrons. The molecular formula is C10H12N2O2S. The van der Waals surface area contributed by atoms with E-state index < -0.39 is 5.97 Å². The molecule has 0 spiro atoms. The summed E-state index contributed by atoms with van der Waals surface area (Å²) < 4.78 is -0.173. The highest BCUT2D eigenvalue weighted by molar-refractivity contribution is 8.00. The van der Waals surface area contributed by atoms with Crippen LogP contribution in [0.2, 0.25) is 0 Å². The molecule has 0 saturated carbocycles. The molecule has 1 aromatic rings. The number of carbonyl (C=O) groups is 1. The summed E-state index contributed by atoms with van der Waals surface area (Å²) in [5.41, 5.74) is 0. The number of aromatic nitrogens is 1. The lowest BCUT2D eigenvalue weighted by atomic mass is 9.98. The lowest BCUT2D eigenvalue weighted by Crippen LogP contribution is -2.57. The van der Waals surface area contributed by atoms with Crippen LogP contribution in [-0.2, 0) is 4.79 Å². The molecule has 0 atom stereocenters. The minimum atomic E-state index is -0.738. The molecule has 0 radical (unpaired) electrons. The van der Waals surface area contributed by atoms with E-state index in [1.54, 1.807) is 24.2 Å². The standard InChI is InChI=1S/C10H12N2O2S/c13-9(14)5-10(6-12-7-10)15-8-1-3-11-4-2-8/h1-4,12H,5-7H2,(H,13,14). The summed E-state index contributed by atoms with van der Waals surface area (Å²) >= 11 is 1.62. The molecule has 4 nitrogen and oxygen atoms in total. The maximum atomic E-state index is 10.7. The van der Waals surface area contributed by atoms with Gasteiger partial charge < -0.3 is 10.4 Å². The maximum Gasteiger partial charge on any atom is 0.304 e. The minimum absolute atomic E-state index is 0.173.